The summed E-state index contributed by atoms with van der Waals surface area (Å²) in [7, 11) is 0. The highest BCUT2D eigenvalue weighted by Gasteiger charge is 2.26. The first kappa shape index (κ1) is 24.3. The van der Waals surface area contributed by atoms with Crippen LogP contribution in [0.3, 0.4) is 0 Å². The van der Waals surface area contributed by atoms with Crippen LogP contribution in [0, 0.1) is 12.3 Å². The molecule has 180 valence electrons. The Balaban J connectivity index is 1.56. The van der Waals surface area contributed by atoms with Gasteiger partial charge in [-0.2, -0.15) is 10.2 Å². The first-order valence-corrected chi connectivity index (χ1v) is 11.3. The second-order valence-corrected chi connectivity index (χ2v) is 9.23. The molecule has 2 aromatic heterocycles. The van der Waals surface area contributed by atoms with Crippen molar-refractivity contribution in [2.75, 3.05) is 11.9 Å². The third-order valence-corrected chi connectivity index (χ3v) is 5.93. The van der Waals surface area contributed by atoms with Crippen molar-refractivity contribution in [1.29, 1.82) is 0 Å². The molecule has 0 bridgehead atoms. The van der Waals surface area contributed by atoms with Crippen LogP contribution in [0.2, 0.25) is 5.02 Å². The predicted molar refractivity (Wildman–Crippen MR) is 134 cm³/mol. The molecule has 0 saturated heterocycles. The molecule has 4 rings (SSSR count). The third kappa shape index (κ3) is 5.16. The lowest BCUT2D eigenvalue weighted by Gasteiger charge is -2.20. The molecular weight excluding hydrogens is 468 g/mol. The van der Waals surface area contributed by atoms with E-state index >= 15 is 0 Å². The fourth-order valence-electron chi connectivity index (χ4n) is 3.39. The molecule has 4 aromatic rings. The zero-order chi connectivity index (χ0) is 25.2. The largest absolute Gasteiger partial charge is 0.395 e. The van der Waals surface area contributed by atoms with Crippen LogP contribution in [-0.4, -0.2) is 43.5 Å². The number of amides is 2. The van der Waals surface area contributed by atoms with Gasteiger partial charge in [0.25, 0.3) is 5.91 Å². The number of halogens is 1. The molecule has 2 aromatic carbocycles. The summed E-state index contributed by atoms with van der Waals surface area (Å²) in [5, 5.41) is 28.7. The predicted octanol–water partition coefficient (Wildman–Crippen LogP) is 3.66. The number of hydrogen-bond donors (Lipinski definition) is 3. The van der Waals surface area contributed by atoms with Crippen LogP contribution >= 0.6 is 11.6 Å². The molecule has 35 heavy (non-hydrogen) atoms. The molecule has 0 atom stereocenters. The quantitative estimate of drug-likeness (QED) is 0.362. The monoisotopic (exact) mass is 492 g/mol. The molecule has 2 amide bonds. The van der Waals surface area contributed by atoms with Crippen molar-refractivity contribution in [3.05, 3.63) is 76.6 Å². The first-order valence-electron chi connectivity index (χ1n) is 11.0. The van der Waals surface area contributed by atoms with Gasteiger partial charge in [-0.1, -0.05) is 23.7 Å². The number of rotatable bonds is 7. The van der Waals surface area contributed by atoms with Gasteiger partial charge in [-0.25, -0.2) is 4.68 Å². The van der Waals surface area contributed by atoms with Crippen LogP contribution in [0.15, 0.2) is 54.7 Å². The van der Waals surface area contributed by atoms with E-state index in [0.29, 0.717) is 17.1 Å². The number of nitrogens with zero attached hydrogens (tertiary/aromatic N) is 4. The molecule has 10 heteroatoms. The molecule has 0 fully saturated rings. The van der Waals surface area contributed by atoms with Gasteiger partial charge in [0.2, 0.25) is 5.91 Å². The van der Waals surface area contributed by atoms with Gasteiger partial charge in [-0.05, 0) is 62.7 Å². The molecule has 2 heterocycles. The van der Waals surface area contributed by atoms with E-state index in [9.17, 15) is 14.7 Å². The molecule has 0 aliphatic heterocycles. The number of anilines is 1. The fourth-order valence-corrected chi connectivity index (χ4v) is 3.59. The van der Waals surface area contributed by atoms with E-state index in [0.717, 1.165) is 16.6 Å². The highest BCUT2D eigenvalue weighted by atomic mass is 35.5. The van der Waals surface area contributed by atoms with E-state index < -0.39 is 11.3 Å². The van der Waals surface area contributed by atoms with Crippen LogP contribution in [0.1, 0.15) is 35.5 Å². The SMILES string of the molecule is Cc1ccc(-n2ncc3c(NC(=O)c4cc(CNC(=O)C(C)(C)CO)ccc4Cl)cccc32)nn1. The Morgan fingerprint density at radius 3 is 2.63 bits per heavy atom. The Morgan fingerprint density at radius 1 is 1.11 bits per heavy atom. The van der Waals surface area contributed by atoms with Gasteiger partial charge in [0.05, 0.1) is 45.7 Å². The maximum Gasteiger partial charge on any atom is 0.257 e. The topological polar surface area (TPSA) is 122 Å². The molecule has 0 aliphatic carbocycles. The van der Waals surface area contributed by atoms with E-state index in [1.165, 1.54) is 0 Å². The van der Waals surface area contributed by atoms with Crippen molar-refractivity contribution in [2.45, 2.75) is 27.3 Å². The number of aliphatic hydroxyl groups is 1. The Morgan fingerprint density at radius 2 is 1.91 bits per heavy atom. The molecule has 3 N–H and O–H groups in total. The molecule has 0 aliphatic rings. The molecule has 0 radical (unpaired) electrons. The maximum absolute atomic E-state index is 13.1. The summed E-state index contributed by atoms with van der Waals surface area (Å²) >= 11 is 6.32. The summed E-state index contributed by atoms with van der Waals surface area (Å²) < 4.78 is 1.65. The van der Waals surface area contributed by atoms with Gasteiger partial charge in [-0.3, -0.25) is 9.59 Å². The maximum atomic E-state index is 13.1. The Bertz CT molecular complexity index is 1400. The van der Waals surface area contributed by atoms with Crippen LogP contribution < -0.4 is 10.6 Å². The van der Waals surface area contributed by atoms with Crippen molar-refractivity contribution in [1.82, 2.24) is 25.3 Å². The highest BCUT2D eigenvalue weighted by molar-refractivity contribution is 6.34. The smallest absolute Gasteiger partial charge is 0.257 e. The number of aromatic nitrogens is 4. The second kappa shape index (κ2) is 9.81. The summed E-state index contributed by atoms with van der Waals surface area (Å²) in [6, 6.07) is 14.1. The van der Waals surface area contributed by atoms with E-state index in [2.05, 4.69) is 25.9 Å². The number of fused-ring (bicyclic) bond motifs is 1. The lowest BCUT2D eigenvalue weighted by atomic mass is 9.93. The number of nitrogens with one attached hydrogen (secondary N) is 2. The number of carbonyl (C=O) groups is 2. The summed E-state index contributed by atoms with van der Waals surface area (Å²) in [6.07, 6.45) is 1.66. The average Bonchev–Trinajstić information content (AvgIpc) is 3.29. The first-order chi connectivity index (χ1) is 16.7. The van der Waals surface area contributed by atoms with Gasteiger partial charge in [-0.15, -0.1) is 5.10 Å². The third-order valence-electron chi connectivity index (χ3n) is 5.60. The second-order valence-electron chi connectivity index (χ2n) is 8.82. The molecule has 9 nitrogen and oxygen atoms in total. The van der Waals surface area contributed by atoms with Crippen LogP contribution in [0.4, 0.5) is 5.69 Å². The van der Waals surface area contributed by atoms with E-state index in [1.807, 2.05) is 31.2 Å². The Labute approximate surface area is 207 Å². The van der Waals surface area contributed by atoms with Gasteiger partial charge < -0.3 is 15.7 Å². The molecular formula is C25H25ClN6O3. The van der Waals surface area contributed by atoms with Gasteiger partial charge in [0.15, 0.2) is 5.82 Å². The van der Waals surface area contributed by atoms with Gasteiger partial charge in [0.1, 0.15) is 0 Å². The van der Waals surface area contributed by atoms with Crippen molar-refractivity contribution in [2.24, 2.45) is 5.41 Å². The minimum Gasteiger partial charge on any atom is -0.395 e. The highest BCUT2D eigenvalue weighted by Crippen LogP contribution is 2.27. The van der Waals surface area contributed by atoms with Crippen molar-refractivity contribution >= 4 is 40.0 Å². The molecule has 0 unspecified atom stereocenters. The molecule has 0 saturated carbocycles. The average molecular weight is 493 g/mol. The number of benzene rings is 2. The summed E-state index contributed by atoms with van der Waals surface area (Å²) in [5.41, 5.74) is 2.20. The minimum atomic E-state index is -0.903. The zero-order valence-corrected chi connectivity index (χ0v) is 20.3. The summed E-state index contributed by atoms with van der Waals surface area (Å²) in [4.78, 5) is 25.4. The van der Waals surface area contributed by atoms with Crippen molar-refractivity contribution < 1.29 is 14.7 Å². The lowest BCUT2D eigenvalue weighted by molar-refractivity contribution is -0.131. The number of aryl methyl sites for hydroxylation is 1. The standard InChI is InChI=1S/C25H25ClN6O3/c1-15-7-10-22(31-30-15)32-21-6-4-5-20(18(21)13-28-32)29-23(34)17-11-16(8-9-19(17)26)12-27-24(35)25(2,3)14-33/h4-11,13,33H,12,14H2,1-3H3,(H,27,35)(H,29,34). The zero-order valence-electron chi connectivity index (χ0n) is 19.5. The van der Waals surface area contributed by atoms with Crippen molar-refractivity contribution in [3.8, 4) is 5.82 Å². The van der Waals surface area contributed by atoms with Crippen molar-refractivity contribution in [3.63, 3.8) is 0 Å². The van der Waals surface area contributed by atoms with Gasteiger partial charge >= 0.3 is 0 Å². The van der Waals surface area contributed by atoms with Gasteiger partial charge in [0, 0.05) is 11.9 Å². The Kier molecular flexibility index (Phi) is 6.81. The summed E-state index contributed by atoms with van der Waals surface area (Å²) in [5.74, 6) is -0.117. The van der Waals surface area contributed by atoms with E-state index in [1.54, 1.807) is 49.0 Å². The van der Waals surface area contributed by atoms with Crippen LogP contribution in [0.5, 0.6) is 0 Å². The fraction of sp³-hybridized carbons (Fsp3) is 0.240. The minimum absolute atomic E-state index is 0.194. The number of carbonyl (C=O) groups excluding carboxylic acids is 2. The number of hydrogen-bond acceptors (Lipinski definition) is 6. The van der Waals surface area contributed by atoms with E-state index in [-0.39, 0.29) is 29.6 Å². The van der Waals surface area contributed by atoms with Crippen LogP contribution in [0.25, 0.3) is 16.7 Å². The Hall–Kier alpha value is -3.82. The van der Waals surface area contributed by atoms with Crippen LogP contribution in [-0.2, 0) is 11.3 Å². The normalized spacial score (nSPS) is 11.5. The van der Waals surface area contributed by atoms with E-state index in [4.69, 9.17) is 11.6 Å². The lowest BCUT2D eigenvalue weighted by Crippen LogP contribution is -2.38. The molecule has 0 spiro atoms. The number of aliphatic hydroxyl groups excluding tert-OH is 1. The summed E-state index contributed by atoms with van der Waals surface area (Å²) in [6.45, 7) is 5.08.